The number of hydrogen-bond donors (Lipinski definition) is 1. The summed E-state index contributed by atoms with van der Waals surface area (Å²) in [5, 5.41) is 2.65. The van der Waals surface area contributed by atoms with Crippen molar-refractivity contribution in [3.63, 3.8) is 0 Å². The lowest BCUT2D eigenvalue weighted by molar-refractivity contribution is 0.0943. The predicted octanol–water partition coefficient (Wildman–Crippen LogP) is 3.69. The maximum absolute atomic E-state index is 13.6. The molecule has 1 N–H and O–H groups in total. The number of halogens is 2. The largest absolute Gasteiger partial charge is 0.494 e. The van der Waals surface area contributed by atoms with Gasteiger partial charge in [0.15, 0.2) is 0 Å². The van der Waals surface area contributed by atoms with Crippen molar-refractivity contribution in [3.8, 4) is 11.5 Å². The van der Waals surface area contributed by atoms with Crippen molar-refractivity contribution in [3.05, 3.63) is 58.9 Å². The van der Waals surface area contributed by atoms with Crippen LogP contribution in [0.5, 0.6) is 11.5 Å². The average molecular weight is 338 g/mol. The van der Waals surface area contributed by atoms with E-state index in [0.717, 1.165) is 5.75 Å². The van der Waals surface area contributed by atoms with Crippen LogP contribution in [0.2, 0.25) is 5.02 Å². The number of carbonyl (C=O) groups excluding carboxylic acids is 1. The first kappa shape index (κ1) is 17.1. The summed E-state index contributed by atoms with van der Waals surface area (Å²) >= 11 is 5.83. The maximum Gasteiger partial charge on any atom is 0.255 e. The van der Waals surface area contributed by atoms with Gasteiger partial charge < -0.3 is 14.8 Å². The molecule has 0 heterocycles. The fraction of sp³-hybridized carbons (Fsp3) is 0.235. The summed E-state index contributed by atoms with van der Waals surface area (Å²) in [7, 11) is 0. The Bertz CT molecular complexity index is 641. The Morgan fingerprint density at radius 3 is 2.39 bits per heavy atom. The van der Waals surface area contributed by atoms with Crippen LogP contribution in [0, 0.1) is 5.82 Å². The van der Waals surface area contributed by atoms with Crippen LogP contribution in [0.4, 0.5) is 4.39 Å². The first-order valence-electron chi connectivity index (χ1n) is 7.19. The molecule has 0 aromatic heterocycles. The Balaban J connectivity index is 1.80. The highest BCUT2D eigenvalue weighted by molar-refractivity contribution is 6.33. The molecule has 6 heteroatoms. The predicted molar refractivity (Wildman–Crippen MR) is 86.8 cm³/mol. The van der Waals surface area contributed by atoms with Gasteiger partial charge in [-0.25, -0.2) is 4.39 Å². The molecule has 0 saturated heterocycles. The number of ether oxygens (including phenoxy) is 2. The lowest BCUT2D eigenvalue weighted by atomic mass is 10.2. The molecular weight excluding hydrogens is 321 g/mol. The van der Waals surface area contributed by atoms with Crippen molar-refractivity contribution in [2.24, 2.45) is 0 Å². The topological polar surface area (TPSA) is 47.6 Å². The number of carbonyl (C=O) groups is 1. The normalized spacial score (nSPS) is 10.2. The lowest BCUT2D eigenvalue weighted by Crippen LogP contribution is -2.29. The van der Waals surface area contributed by atoms with Crippen molar-refractivity contribution in [1.82, 2.24) is 5.32 Å². The number of amides is 1. The van der Waals surface area contributed by atoms with Crippen molar-refractivity contribution >= 4 is 17.5 Å². The van der Waals surface area contributed by atoms with E-state index in [2.05, 4.69) is 5.32 Å². The second kappa shape index (κ2) is 8.39. The van der Waals surface area contributed by atoms with Gasteiger partial charge in [0.1, 0.15) is 23.9 Å². The van der Waals surface area contributed by atoms with Crippen molar-refractivity contribution < 1.29 is 18.7 Å². The highest BCUT2D eigenvalue weighted by Crippen LogP contribution is 2.19. The van der Waals surface area contributed by atoms with Gasteiger partial charge in [-0.1, -0.05) is 17.7 Å². The molecule has 23 heavy (non-hydrogen) atoms. The molecule has 0 radical (unpaired) electrons. The van der Waals surface area contributed by atoms with Crippen molar-refractivity contribution in [2.45, 2.75) is 6.92 Å². The summed E-state index contributed by atoms with van der Waals surface area (Å²) in [5.41, 5.74) is -0.157. The summed E-state index contributed by atoms with van der Waals surface area (Å²) in [6, 6.07) is 11.3. The minimum atomic E-state index is -0.651. The number of nitrogens with one attached hydrogen (secondary N) is 1. The summed E-state index contributed by atoms with van der Waals surface area (Å²) < 4.78 is 24.4. The Kier molecular flexibility index (Phi) is 6.23. The van der Waals surface area contributed by atoms with Gasteiger partial charge in [-0.15, -0.1) is 0 Å². The zero-order valence-electron chi connectivity index (χ0n) is 12.6. The highest BCUT2D eigenvalue weighted by atomic mass is 35.5. The first-order chi connectivity index (χ1) is 11.1. The second-order valence-corrected chi connectivity index (χ2v) is 5.01. The van der Waals surface area contributed by atoms with Crippen LogP contribution in [0.1, 0.15) is 17.3 Å². The smallest absolute Gasteiger partial charge is 0.255 e. The van der Waals surface area contributed by atoms with Gasteiger partial charge in [0.2, 0.25) is 0 Å². The highest BCUT2D eigenvalue weighted by Gasteiger charge is 2.14. The monoisotopic (exact) mass is 337 g/mol. The third kappa shape index (κ3) is 4.86. The Labute approximate surface area is 139 Å². The zero-order valence-corrected chi connectivity index (χ0v) is 13.4. The van der Waals surface area contributed by atoms with E-state index in [9.17, 15) is 9.18 Å². The molecule has 0 atom stereocenters. The molecule has 0 spiro atoms. The Morgan fingerprint density at radius 1 is 1.13 bits per heavy atom. The quantitative estimate of drug-likeness (QED) is 0.784. The van der Waals surface area contributed by atoms with E-state index in [1.165, 1.54) is 18.2 Å². The fourth-order valence-corrected chi connectivity index (χ4v) is 2.18. The summed E-state index contributed by atoms with van der Waals surface area (Å²) in [4.78, 5) is 11.9. The average Bonchev–Trinajstić information content (AvgIpc) is 2.53. The molecule has 1 amide bonds. The first-order valence-corrected chi connectivity index (χ1v) is 7.57. The minimum absolute atomic E-state index is 0.0786. The van der Waals surface area contributed by atoms with Gasteiger partial charge in [0, 0.05) is 0 Å². The van der Waals surface area contributed by atoms with E-state index < -0.39 is 11.7 Å². The summed E-state index contributed by atoms with van der Waals surface area (Å²) in [6.07, 6.45) is 0. The molecule has 0 aliphatic carbocycles. The van der Waals surface area contributed by atoms with Crippen LogP contribution in [0.15, 0.2) is 42.5 Å². The molecule has 0 unspecified atom stereocenters. The molecule has 2 rings (SSSR count). The van der Waals surface area contributed by atoms with E-state index in [-0.39, 0.29) is 23.7 Å². The van der Waals surface area contributed by atoms with Crippen molar-refractivity contribution in [1.29, 1.82) is 0 Å². The molecule has 0 fully saturated rings. The number of hydrogen-bond acceptors (Lipinski definition) is 3. The van der Waals surface area contributed by atoms with E-state index >= 15 is 0 Å². The van der Waals surface area contributed by atoms with Crippen LogP contribution >= 0.6 is 11.6 Å². The van der Waals surface area contributed by atoms with E-state index in [1.807, 2.05) is 6.92 Å². The molecular formula is C17H17ClFNO3. The molecule has 0 bridgehead atoms. The van der Waals surface area contributed by atoms with Gasteiger partial charge in [0.05, 0.1) is 23.7 Å². The van der Waals surface area contributed by atoms with Gasteiger partial charge >= 0.3 is 0 Å². The molecule has 4 nitrogen and oxygen atoms in total. The van der Waals surface area contributed by atoms with Crippen LogP contribution in [-0.4, -0.2) is 25.7 Å². The van der Waals surface area contributed by atoms with Crippen LogP contribution in [-0.2, 0) is 0 Å². The SMILES string of the molecule is CCOc1ccc(OCCNC(=O)c2c(F)cccc2Cl)cc1. The van der Waals surface area contributed by atoms with E-state index in [1.54, 1.807) is 24.3 Å². The lowest BCUT2D eigenvalue weighted by Gasteiger charge is -2.10. The standard InChI is InChI=1S/C17H17ClFNO3/c1-2-22-12-6-8-13(9-7-12)23-11-10-20-17(21)16-14(18)4-3-5-15(16)19/h3-9H,2,10-11H2,1H3,(H,20,21). The third-order valence-electron chi connectivity index (χ3n) is 2.98. The molecule has 122 valence electrons. The van der Waals surface area contributed by atoms with E-state index in [0.29, 0.717) is 12.4 Å². The van der Waals surface area contributed by atoms with Gasteiger partial charge in [-0.05, 0) is 43.3 Å². The second-order valence-electron chi connectivity index (χ2n) is 4.61. The molecule has 2 aromatic carbocycles. The molecule has 2 aromatic rings. The van der Waals surface area contributed by atoms with Gasteiger partial charge in [-0.2, -0.15) is 0 Å². The van der Waals surface area contributed by atoms with E-state index in [4.69, 9.17) is 21.1 Å². The maximum atomic E-state index is 13.6. The zero-order chi connectivity index (χ0) is 16.7. The summed E-state index contributed by atoms with van der Waals surface area (Å²) in [6.45, 7) is 3.00. The van der Waals surface area contributed by atoms with Crippen LogP contribution in [0.3, 0.4) is 0 Å². The van der Waals surface area contributed by atoms with Crippen LogP contribution in [0.25, 0.3) is 0 Å². The van der Waals surface area contributed by atoms with Crippen molar-refractivity contribution in [2.75, 3.05) is 19.8 Å². The van der Waals surface area contributed by atoms with Crippen LogP contribution < -0.4 is 14.8 Å². The number of rotatable bonds is 7. The minimum Gasteiger partial charge on any atom is -0.494 e. The molecule has 0 aliphatic rings. The third-order valence-corrected chi connectivity index (χ3v) is 3.30. The fourth-order valence-electron chi connectivity index (χ4n) is 1.94. The Hall–Kier alpha value is -2.27. The number of benzene rings is 2. The van der Waals surface area contributed by atoms with Gasteiger partial charge in [-0.3, -0.25) is 4.79 Å². The van der Waals surface area contributed by atoms with Gasteiger partial charge in [0.25, 0.3) is 5.91 Å². The Morgan fingerprint density at radius 2 is 1.78 bits per heavy atom. The summed E-state index contributed by atoms with van der Waals surface area (Å²) in [5.74, 6) is 0.208. The molecule has 0 aliphatic heterocycles. The molecule has 0 saturated carbocycles.